The summed E-state index contributed by atoms with van der Waals surface area (Å²) in [6.45, 7) is 0.400. The fourth-order valence-corrected chi connectivity index (χ4v) is 5.05. The van der Waals surface area contributed by atoms with Gasteiger partial charge in [0.05, 0.1) is 24.2 Å². The van der Waals surface area contributed by atoms with Crippen LogP contribution in [0.2, 0.25) is 0 Å². The molecule has 2 aromatic carbocycles. The number of rotatable bonds is 6. The molecule has 0 aromatic heterocycles. The Labute approximate surface area is 221 Å². The van der Waals surface area contributed by atoms with Gasteiger partial charge in [-0.2, -0.15) is 0 Å². The second-order valence-corrected chi connectivity index (χ2v) is 9.75. The zero-order valence-corrected chi connectivity index (χ0v) is 20.6. The van der Waals surface area contributed by atoms with Crippen molar-refractivity contribution in [2.45, 2.75) is 74.4 Å². The number of cyclic esters (lactones) is 1. The Kier molecular flexibility index (Phi) is 7.69. The molecule has 3 aliphatic rings. The normalized spacial score (nSPS) is 38.5. The van der Waals surface area contributed by atoms with E-state index in [0.717, 1.165) is 0 Å². The molecule has 39 heavy (non-hydrogen) atoms. The standard InChI is InChI=1S/C25H30O14/c1-8-14-10(23(34)36-8)5-9-3-2-4-11(15(9)18(14)29)37-25-22(33)20(31)17(28)13(39-25)7-35-24-21(32)19(30)16(27)12(6-26)38-24/h2-5,8,12-13,16-17,19-22,24-33H,6-7H2,1H3. The number of aliphatic hydroxyl groups is 7. The highest BCUT2D eigenvalue weighted by Crippen LogP contribution is 2.45. The Morgan fingerprint density at radius 1 is 0.872 bits per heavy atom. The van der Waals surface area contributed by atoms with E-state index in [4.69, 9.17) is 23.7 Å². The minimum atomic E-state index is -1.76. The molecule has 0 radical (unpaired) electrons. The third kappa shape index (κ3) is 4.82. The fraction of sp³-hybridized carbons (Fsp3) is 0.560. The van der Waals surface area contributed by atoms with E-state index in [9.17, 15) is 45.6 Å². The van der Waals surface area contributed by atoms with Gasteiger partial charge in [0, 0.05) is 5.56 Å². The maximum absolute atomic E-state index is 12.1. The van der Waals surface area contributed by atoms with Gasteiger partial charge in [-0.15, -0.1) is 0 Å². The predicted molar refractivity (Wildman–Crippen MR) is 126 cm³/mol. The van der Waals surface area contributed by atoms with Crippen molar-refractivity contribution in [3.05, 3.63) is 35.4 Å². The molecule has 11 atom stereocenters. The Balaban J connectivity index is 1.36. The van der Waals surface area contributed by atoms with Crippen LogP contribution in [0.1, 0.15) is 28.9 Å². The lowest BCUT2D eigenvalue weighted by atomic mass is 9.97. The quantitative estimate of drug-likeness (QED) is 0.177. The largest absolute Gasteiger partial charge is 0.507 e. The van der Waals surface area contributed by atoms with Crippen molar-refractivity contribution >= 4 is 16.7 Å². The van der Waals surface area contributed by atoms with E-state index in [0.29, 0.717) is 5.39 Å². The first-order chi connectivity index (χ1) is 18.5. The summed E-state index contributed by atoms with van der Waals surface area (Å²) < 4.78 is 27.4. The van der Waals surface area contributed by atoms with Gasteiger partial charge in [-0.05, 0) is 24.4 Å². The van der Waals surface area contributed by atoms with Crippen LogP contribution in [0, 0.1) is 0 Å². The minimum absolute atomic E-state index is 0.0422. The molecular formula is C25H30O14. The number of carbonyl (C=O) groups excluding carboxylic acids is 1. The van der Waals surface area contributed by atoms with Crippen LogP contribution in [0.5, 0.6) is 11.5 Å². The van der Waals surface area contributed by atoms with Crippen LogP contribution >= 0.6 is 0 Å². The van der Waals surface area contributed by atoms with E-state index in [-0.39, 0.29) is 28.0 Å². The zero-order valence-electron chi connectivity index (χ0n) is 20.6. The average Bonchev–Trinajstić information content (AvgIpc) is 3.20. The van der Waals surface area contributed by atoms with Crippen LogP contribution in [0.4, 0.5) is 0 Å². The maximum Gasteiger partial charge on any atom is 0.339 e. The molecular weight excluding hydrogens is 524 g/mol. The highest BCUT2D eigenvalue weighted by molar-refractivity contribution is 6.04. The van der Waals surface area contributed by atoms with Gasteiger partial charge in [0.15, 0.2) is 6.29 Å². The Bertz CT molecular complexity index is 1220. The summed E-state index contributed by atoms with van der Waals surface area (Å²) in [5.74, 6) is -0.795. The third-order valence-electron chi connectivity index (χ3n) is 7.24. The number of carbonyl (C=O) groups is 1. The molecule has 11 unspecified atom stereocenters. The van der Waals surface area contributed by atoms with E-state index in [1.807, 2.05) is 0 Å². The van der Waals surface area contributed by atoms with Crippen molar-refractivity contribution in [2.75, 3.05) is 13.2 Å². The monoisotopic (exact) mass is 554 g/mol. The molecule has 2 aromatic rings. The summed E-state index contributed by atoms with van der Waals surface area (Å²) in [5, 5.41) is 82.5. The predicted octanol–water partition coefficient (Wildman–Crippen LogP) is -2.22. The number of aromatic hydroxyl groups is 1. The molecule has 0 amide bonds. The third-order valence-corrected chi connectivity index (χ3v) is 7.24. The van der Waals surface area contributed by atoms with Crippen molar-refractivity contribution in [3.8, 4) is 11.5 Å². The molecule has 5 rings (SSSR count). The first kappa shape index (κ1) is 27.9. The van der Waals surface area contributed by atoms with Crippen molar-refractivity contribution in [2.24, 2.45) is 0 Å². The molecule has 0 bridgehead atoms. The number of hydrogen-bond donors (Lipinski definition) is 8. The van der Waals surface area contributed by atoms with E-state index in [1.165, 1.54) is 12.1 Å². The van der Waals surface area contributed by atoms with Crippen molar-refractivity contribution in [1.82, 2.24) is 0 Å². The van der Waals surface area contributed by atoms with E-state index in [1.54, 1.807) is 19.1 Å². The first-order valence-electron chi connectivity index (χ1n) is 12.3. The number of hydrogen-bond acceptors (Lipinski definition) is 14. The van der Waals surface area contributed by atoms with Gasteiger partial charge >= 0.3 is 5.97 Å². The summed E-state index contributed by atoms with van der Waals surface area (Å²) >= 11 is 0. The SMILES string of the molecule is CC1OC(=O)c2cc3cccc(OC4OC(COC5OC(CO)C(O)C(O)C5O)C(O)C(O)C4O)c3c(O)c21. The van der Waals surface area contributed by atoms with Crippen molar-refractivity contribution < 1.29 is 69.3 Å². The summed E-state index contributed by atoms with van der Waals surface area (Å²) in [6.07, 6.45) is -16.5. The van der Waals surface area contributed by atoms with E-state index >= 15 is 0 Å². The summed E-state index contributed by atoms with van der Waals surface area (Å²) in [7, 11) is 0. The second-order valence-electron chi connectivity index (χ2n) is 9.75. The molecule has 0 spiro atoms. The number of aliphatic hydroxyl groups excluding tert-OH is 7. The summed E-state index contributed by atoms with van der Waals surface area (Å²) in [5.41, 5.74) is 0.484. The molecule has 3 heterocycles. The van der Waals surface area contributed by atoms with Crippen LogP contribution in [-0.4, -0.2) is 121 Å². The number of phenols is 1. The van der Waals surface area contributed by atoms with Crippen molar-refractivity contribution in [1.29, 1.82) is 0 Å². The van der Waals surface area contributed by atoms with Gasteiger partial charge in [-0.25, -0.2) is 4.79 Å². The molecule has 0 saturated carbocycles. The van der Waals surface area contributed by atoms with Gasteiger partial charge in [0.25, 0.3) is 0 Å². The topological polar surface area (TPSA) is 225 Å². The lowest BCUT2D eigenvalue weighted by Gasteiger charge is -2.42. The zero-order chi connectivity index (χ0) is 28.2. The second kappa shape index (κ2) is 10.7. The molecule has 2 fully saturated rings. The van der Waals surface area contributed by atoms with Crippen LogP contribution in [0.15, 0.2) is 24.3 Å². The summed E-state index contributed by atoms with van der Waals surface area (Å²) in [4.78, 5) is 12.1. The number of fused-ring (bicyclic) bond motifs is 2. The van der Waals surface area contributed by atoms with Crippen LogP contribution < -0.4 is 4.74 Å². The molecule has 214 valence electrons. The lowest BCUT2D eigenvalue weighted by molar-refractivity contribution is -0.323. The number of esters is 1. The smallest absolute Gasteiger partial charge is 0.339 e. The molecule has 14 nitrogen and oxygen atoms in total. The van der Waals surface area contributed by atoms with E-state index in [2.05, 4.69) is 0 Å². The lowest BCUT2D eigenvalue weighted by Crippen LogP contribution is -2.62. The fourth-order valence-electron chi connectivity index (χ4n) is 5.05. The average molecular weight is 555 g/mol. The van der Waals surface area contributed by atoms with Crippen LogP contribution in [-0.2, 0) is 18.9 Å². The van der Waals surface area contributed by atoms with Gasteiger partial charge in [0.1, 0.15) is 66.4 Å². The van der Waals surface area contributed by atoms with Gasteiger partial charge < -0.3 is 64.5 Å². The number of benzene rings is 2. The molecule has 14 heteroatoms. The summed E-state index contributed by atoms with van der Waals surface area (Å²) in [6, 6.07) is 6.22. The number of ether oxygens (including phenoxy) is 5. The van der Waals surface area contributed by atoms with Gasteiger partial charge in [-0.3, -0.25) is 0 Å². The Morgan fingerprint density at radius 3 is 2.21 bits per heavy atom. The highest BCUT2D eigenvalue weighted by atomic mass is 16.7. The minimum Gasteiger partial charge on any atom is -0.507 e. The molecule has 3 aliphatic heterocycles. The van der Waals surface area contributed by atoms with Crippen molar-refractivity contribution in [3.63, 3.8) is 0 Å². The Hall–Kier alpha value is -2.63. The molecule has 2 saturated heterocycles. The molecule has 8 N–H and O–H groups in total. The van der Waals surface area contributed by atoms with Gasteiger partial charge in [0.2, 0.25) is 6.29 Å². The first-order valence-corrected chi connectivity index (χ1v) is 12.3. The van der Waals surface area contributed by atoms with Gasteiger partial charge in [-0.1, -0.05) is 12.1 Å². The Morgan fingerprint density at radius 2 is 1.51 bits per heavy atom. The maximum atomic E-state index is 12.1. The van der Waals surface area contributed by atoms with Crippen LogP contribution in [0.25, 0.3) is 10.8 Å². The highest BCUT2D eigenvalue weighted by Gasteiger charge is 2.48. The van der Waals surface area contributed by atoms with E-state index < -0.39 is 86.7 Å². The van der Waals surface area contributed by atoms with Crippen LogP contribution in [0.3, 0.4) is 0 Å². The number of phenolic OH excluding ortho intramolecular Hbond substituents is 1. The molecule has 0 aliphatic carbocycles.